The van der Waals surface area contributed by atoms with Gasteiger partial charge in [0.2, 0.25) is 0 Å². The summed E-state index contributed by atoms with van der Waals surface area (Å²) in [6.45, 7) is 7.64. The van der Waals surface area contributed by atoms with Crippen LogP contribution in [0.1, 0.15) is 46.3 Å². The van der Waals surface area contributed by atoms with Crippen molar-refractivity contribution >= 4 is 36.5 Å². The van der Waals surface area contributed by atoms with E-state index >= 15 is 0 Å². The van der Waals surface area contributed by atoms with Crippen LogP contribution in [0.4, 0.5) is 0 Å². The summed E-state index contributed by atoms with van der Waals surface area (Å²) in [5, 5.41) is 5.04. The fourth-order valence-electron chi connectivity index (χ4n) is 2.67. The normalized spacial score (nSPS) is 19.0. The molecule has 1 saturated heterocycles. The Labute approximate surface area is 152 Å². The third-order valence-corrected chi connectivity index (χ3v) is 7.67. The van der Waals surface area contributed by atoms with Crippen molar-refractivity contribution in [2.24, 2.45) is 0 Å². The molecule has 2 radical (unpaired) electrons. The number of nitrogens with zero attached hydrogens (tertiary/aromatic N) is 3. The SMILES string of the molecule is C[C](C)(C)[Sn][c]1ccc(-c2cnn(C3CCCCO3)c2)c(Cl)n1. The molecule has 2 aromatic rings. The molecule has 0 spiro atoms. The van der Waals surface area contributed by atoms with Crippen LogP contribution in [0.3, 0.4) is 0 Å². The van der Waals surface area contributed by atoms with Crippen molar-refractivity contribution in [1.82, 2.24) is 14.8 Å². The van der Waals surface area contributed by atoms with Gasteiger partial charge in [-0.3, -0.25) is 0 Å². The number of rotatable bonds is 3. The zero-order valence-corrected chi connectivity index (χ0v) is 17.5. The Hall–Kier alpha value is -0.591. The molecule has 1 aliphatic heterocycles. The minimum absolute atomic E-state index is 0.0541. The first-order chi connectivity index (χ1) is 10.9. The van der Waals surface area contributed by atoms with Gasteiger partial charge in [-0.1, -0.05) is 0 Å². The van der Waals surface area contributed by atoms with E-state index in [2.05, 4.69) is 43.0 Å². The molecule has 1 atom stereocenters. The van der Waals surface area contributed by atoms with Crippen molar-refractivity contribution in [2.75, 3.05) is 6.61 Å². The maximum atomic E-state index is 6.44. The van der Waals surface area contributed by atoms with Crippen molar-refractivity contribution in [3.8, 4) is 11.1 Å². The number of ether oxygens (including phenoxy) is 1. The summed E-state index contributed by atoms with van der Waals surface area (Å²) in [4.78, 5) is 4.63. The van der Waals surface area contributed by atoms with Crippen LogP contribution < -0.4 is 3.71 Å². The van der Waals surface area contributed by atoms with Crippen LogP contribution in [0, 0.1) is 0 Å². The summed E-state index contributed by atoms with van der Waals surface area (Å²) in [5.41, 5.74) is 1.95. The van der Waals surface area contributed by atoms with E-state index in [1.54, 1.807) is 0 Å². The Morgan fingerprint density at radius 3 is 2.78 bits per heavy atom. The molecule has 1 aliphatic rings. The molecule has 1 fully saturated rings. The molecule has 0 aliphatic carbocycles. The van der Waals surface area contributed by atoms with Gasteiger partial charge in [-0.2, -0.15) is 0 Å². The van der Waals surface area contributed by atoms with Gasteiger partial charge in [0, 0.05) is 0 Å². The van der Waals surface area contributed by atoms with Crippen LogP contribution in [0.15, 0.2) is 24.5 Å². The van der Waals surface area contributed by atoms with Crippen LogP contribution in [-0.2, 0) is 4.74 Å². The molecule has 3 rings (SSSR count). The Morgan fingerprint density at radius 1 is 1.30 bits per heavy atom. The topological polar surface area (TPSA) is 39.9 Å². The van der Waals surface area contributed by atoms with Crippen LogP contribution in [0.2, 0.25) is 8.58 Å². The Morgan fingerprint density at radius 2 is 2.13 bits per heavy atom. The van der Waals surface area contributed by atoms with Gasteiger partial charge in [0.15, 0.2) is 0 Å². The number of aromatic nitrogens is 3. The predicted octanol–water partition coefficient (Wildman–Crippen LogP) is 3.85. The second kappa shape index (κ2) is 7.11. The Balaban J connectivity index is 1.80. The second-order valence-corrected chi connectivity index (χ2v) is 13.8. The van der Waals surface area contributed by atoms with E-state index in [4.69, 9.17) is 16.3 Å². The van der Waals surface area contributed by atoms with Gasteiger partial charge in [-0.05, 0) is 0 Å². The maximum absolute atomic E-state index is 6.44. The van der Waals surface area contributed by atoms with Crippen molar-refractivity contribution in [3.63, 3.8) is 0 Å². The molecule has 2 aromatic heterocycles. The first-order valence-corrected chi connectivity index (χ1v) is 11.3. The number of pyridine rings is 1. The van der Waals surface area contributed by atoms with E-state index < -0.39 is 21.1 Å². The van der Waals surface area contributed by atoms with E-state index in [1.165, 1.54) is 10.1 Å². The number of hydrogen-bond donors (Lipinski definition) is 0. The minimum atomic E-state index is -0.738. The van der Waals surface area contributed by atoms with Gasteiger partial charge < -0.3 is 0 Å². The summed E-state index contributed by atoms with van der Waals surface area (Å²) in [6.07, 6.45) is 7.27. The van der Waals surface area contributed by atoms with Crippen LogP contribution >= 0.6 is 11.6 Å². The number of hydrogen-bond acceptors (Lipinski definition) is 3. The van der Waals surface area contributed by atoms with Gasteiger partial charge in [0.1, 0.15) is 0 Å². The summed E-state index contributed by atoms with van der Waals surface area (Å²) >= 11 is 5.70. The fraction of sp³-hybridized carbons (Fsp3) is 0.529. The average molecular weight is 439 g/mol. The van der Waals surface area contributed by atoms with Gasteiger partial charge in [0.05, 0.1) is 0 Å². The fourth-order valence-corrected chi connectivity index (χ4v) is 6.28. The van der Waals surface area contributed by atoms with E-state index in [0.29, 0.717) is 8.58 Å². The van der Waals surface area contributed by atoms with Gasteiger partial charge >= 0.3 is 153 Å². The van der Waals surface area contributed by atoms with Gasteiger partial charge in [0.25, 0.3) is 0 Å². The first kappa shape index (κ1) is 17.2. The van der Waals surface area contributed by atoms with Gasteiger partial charge in [-0.15, -0.1) is 0 Å². The zero-order chi connectivity index (χ0) is 16.4. The van der Waals surface area contributed by atoms with Crippen molar-refractivity contribution in [2.45, 2.75) is 49.7 Å². The average Bonchev–Trinajstić information content (AvgIpc) is 2.96. The molecular weight excluding hydrogens is 416 g/mol. The van der Waals surface area contributed by atoms with E-state index in [-0.39, 0.29) is 6.23 Å². The molecule has 0 amide bonds. The second-order valence-electron chi connectivity index (χ2n) is 6.94. The Kier molecular flexibility index (Phi) is 5.33. The van der Waals surface area contributed by atoms with E-state index in [0.717, 1.165) is 30.6 Å². The van der Waals surface area contributed by atoms with E-state index in [1.807, 2.05) is 17.1 Å². The molecule has 0 saturated carbocycles. The van der Waals surface area contributed by atoms with Gasteiger partial charge in [-0.25, -0.2) is 0 Å². The van der Waals surface area contributed by atoms with Crippen LogP contribution in [-0.4, -0.2) is 42.5 Å². The molecule has 6 heteroatoms. The molecule has 23 heavy (non-hydrogen) atoms. The first-order valence-electron chi connectivity index (χ1n) is 8.03. The third kappa shape index (κ3) is 4.48. The summed E-state index contributed by atoms with van der Waals surface area (Å²) in [7, 11) is 0. The molecule has 0 N–H and O–H groups in total. The standard InChI is InChI=1S/C13H13ClN3O.C4H9.Sn/c14-13-11(4-3-6-15-13)10-8-16-17(9-10)12-5-1-2-7-18-12;1-4(2)3;/h3-4,8-9,12H,1-2,5,7H2;1-3H3;. The zero-order valence-electron chi connectivity index (χ0n) is 13.8. The quantitative estimate of drug-likeness (QED) is 0.540. The van der Waals surface area contributed by atoms with Crippen molar-refractivity contribution in [1.29, 1.82) is 0 Å². The van der Waals surface area contributed by atoms with Crippen LogP contribution in [0.5, 0.6) is 0 Å². The molecular formula is C17H22ClN3OSn. The molecule has 0 bridgehead atoms. The van der Waals surface area contributed by atoms with Crippen molar-refractivity contribution in [3.05, 3.63) is 29.7 Å². The number of halogens is 1. The molecule has 1 unspecified atom stereocenters. The summed E-state index contributed by atoms with van der Waals surface area (Å²) < 4.78 is 9.24. The third-order valence-electron chi connectivity index (χ3n) is 3.72. The van der Waals surface area contributed by atoms with Crippen molar-refractivity contribution < 1.29 is 4.74 Å². The molecule has 4 nitrogen and oxygen atoms in total. The van der Waals surface area contributed by atoms with Crippen LogP contribution in [0.25, 0.3) is 11.1 Å². The predicted molar refractivity (Wildman–Crippen MR) is 94.4 cm³/mol. The monoisotopic (exact) mass is 439 g/mol. The van der Waals surface area contributed by atoms with E-state index in [9.17, 15) is 0 Å². The summed E-state index contributed by atoms with van der Waals surface area (Å²) in [6, 6.07) is 4.22. The molecule has 0 aromatic carbocycles. The molecule has 3 heterocycles. The Bertz CT molecular complexity index is 675. The summed E-state index contributed by atoms with van der Waals surface area (Å²) in [5.74, 6) is 0. The molecule has 122 valence electrons.